The summed E-state index contributed by atoms with van der Waals surface area (Å²) in [6.07, 6.45) is 1.05. The minimum Gasteiger partial charge on any atom is -0.285 e. The van der Waals surface area contributed by atoms with Crippen molar-refractivity contribution < 1.29 is 0 Å². The van der Waals surface area contributed by atoms with Gasteiger partial charge in [-0.2, -0.15) is 10.4 Å². The predicted octanol–water partition coefficient (Wildman–Crippen LogP) is 2.31. The van der Waals surface area contributed by atoms with Gasteiger partial charge in [0.15, 0.2) is 0 Å². The van der Waals surface area contributed by atoms with Gasteiger partial charge in [0, 0.05) is 19.0 Å². The molecule has 0 saturated carbocycles. The maximum atomic E-state index is 8.84. The zero-order valence-corrected chi connectivity index (χ0v) is 10.9. The number of nitriles is 1. The third-order valence-corrected chi connectivity index (χ3v) is 3.04. The van der Waals surface area contributed by atoms with E-state index in [4.69, 9.17) is 5.26 Å². The van der Waals surface area contributed by atoms with E-state index in [-0.39, 0.29) is 0 Å². The lowest BCUT2D eigenvalue weighted by Crippen LogP contribution is -2.24. The van der Waals surface area contributed by atoms with Gasteiger partial charge in [-0.25, -0.2) is 0 Å². The van der Waals surface area contributed by atoms with E-state index in [1.807, 2.05) is 23.9 Å². The third kappa shape index (κ3) is 2.52. The van der Waals surface area contributed by atoms with Crippen molar-refractivity contribution in [3.63, 3.8) is 0 Å². The first-order valence-corrected chi connectivity index (χ1v) is 6.26. The predicted molar refractivity (Wildman–Crippen MR) is 71.9 cm³/mol. The molecule has 4 heteroatoms. The van der Waals surface area contributed by atoms with Gasteiger partial charge in [-0.1, -0.05) is 25.1 Å². The fraction of sp³-hybridized carbons (Fsp3) is 0.429. The van der Waals surface area contributed by atoms with Crippen molar-refractivity contribution in [3.8, 4) is 6.07 Å². The zero-order valence-electron chi connectivity index (χ0n) is 10.9. The summed E-state index contributed by atoms with van der Waals surface area (Å²) < 4.78 is 1.90. The van der Waals surface area contributed by atoms with Crippen LogP contribution >= 0.6 is 0 Å². The number of hydrogen-bond donors (Lipinski definition) is 0. The Labute approximate surface area is 107 Å². The van der Waals surface area contributed by atoms with Crippen molar-refractivity contribution >= 4 is 10.9 Å². The molecule has 0 aliphatic heterocycles. The molecule has 1 aromatic carbocycles. The largest absolute Gasteiger partial charge is 0.285 e. The lowest BCUT2D eigenvalue weighted by atomic mass is 10.2. The Morgan fingerprint density at radius 1 is 1.39 bits per heavy atom. The van der Waals surface area contributed by atoms with Gasteiger partial charge < -0.3 is 0 Å². The molecule has 18 heavy (non-hydrogen) atoms. The van der Waals surface area contributed by atoms with Crippen LogP contribution in [0.15, 0.2) is 24.3 Å². The Bertz CT molecular complexity index is 565. The average molecular weight is 242 g/mol. The number of rotatable bonds is 5. The Morgan fingerprint density at radius 3 is 2.89 bits per heavy atom. The van der Waals surface area contributed by atoms with Crippen LogP contribution in [-0.2, 0) is 13.6 Å². The lowest BCUT2D eigenvalue weighted by Gasteiger charge is -2.16. The molecule has 2 rings (SSSR count). The number of aryl methyl sites for hydroxylation is 1. The SMILES string of the molecule is CCCN(CC#N)Cc1nn(C)c2ccccc12. The smallest absolute Gasteiger partial charge is 0.0869 e. The second-order valence-corrected chi connectivity index (χ2v) is 4.46. The van der Waals surface area contributed by atoms with Crippen LogP contribution in [0.4, 0.5) is 0 Å². The summed E-state index contributed by atoms with van der Waals surface area (Å²) in [4.78, 5) is 2.13. The zero-order chi connectivity index (χ0) is 13.0. The van der Waals surface area contributed by atoms with E-state index in [9.17, 15) is 0 Å². The molecule has 0 N–H and O–H groups in total. The summed E-state index contributed by atoms with van der Waals surface area (Å²) in [6.45, 7) is 4.25. The van der Waals surface area contributed by atoms with Gasteiger partial charge in [0.2, 0.25) is 0 Å². The van der Waals surface area contributed by atoms with Crippen LogP contribution in [0.3, 0.4) is 0 Å². The highest BCUT2D eigenvalue weighted by atomic mass is 15.3. The molecule has 0 radical (unpaired) electrons. The molecule has 0 aliphatic carbocycles. The van der Waals surface area contributed by atoms with E-state index in [1.54, 1.807) is 0 Å². The minimum atomic E-state index is 0.457. The number of para-hydroxylation sites is 1. The van der Waals surface area contributed by atoms with Crippen LogP contribution in [0.1, 0.15) is 19.0 Å². The Hall–Kier alpha value is -1.86. The number of aromatic nitrogens is 2. The number of fused-ring (bicyclic) bond motifs is 1. The molecular formula is C14H18N4. The molecule has 0 unspecified atom stereocenters. The van der Waals surface area contributed by atoms with Gasteiger partial charge in [0.1, 0.15) is 0 Å². The van der Waals surface area contributed by atoms with E-state index in [1.165, 1.54) is 5.39 Å². The van der Waals surface area contributed by atoms with Crippen molar-refractivity contribution in [1.82, 2.24) is 14.7 Å². The summed E-state index contributed by atoms with van der Waals surface area (Å²) in [5, 5.41) is 14.6. The quantitative estimate of drug-likeness (QED) is 0.756. The van der Waals surface area contributed by atoms with Crippen LogP contribution < -0.4 is 0 Å². The highest BCUT2D eigenvalue weighted by Crippen LogP contribution is 2.18. The first kappa shape index (κ1) is 12.6. The first-order valence-electron chi connectivity index (χ1n) is 6.26. The van der Waals surface area contributed by atoms with E-state index >= 15 is 0 Å². The summed E-state index contributed by atoms with van der Waals surface area (Å²) >= 11 is 0. The molecular weight excluding hydrogens is 224 g/mol. The second-order valence-electron chi connectivity index (χ2n) is 4.46. The summed E-state index contributed by atoms with van der Waals surface area (Å²) in [6, 6.07) is 10.4. The number of nitrogens with zero attached hydrogens (tertiary/aromatic N) is 4. The van der Waals surface area contributed by atoms with E-state index in [2.05, 4.69) is 35.1 Å². The van der Waals surface area contributed by atoms with Crippen molar-refractivity contribution in [2.75, 3.05) is 13.1 Å². The van der Waals surface area contributed by atoms with Gasteiger partial charge in [-0.3, -0.25) is 9.58 Å². The molecule has 1 aromatic heterocycles. The first-order chi connectivity index (χ1) is 8.76. The van der Waals surface area contributed by atoms with E-state index in [0.717, 1.165) is 30.7 Å². The fourth-order valence-corrected chi connectivity index (χ4v) is 2.25. The highest BCUT2D eigenvalue weighted by Gasteiger charge is 2.11. The van der Waals surface area contributed by atoms with Gasteiger partial charge in [-0.15, -0.1) is 0 Å². The average Bonchev–Trinajstić information content (AvgIpc) is 2.68. The minimum absolute atomic E-state index is 0.457. The van der Waals surface area contributed by atoms with Crippen LogP contribution in [0.5, 0.6) is 0 Å². The van der Waals surface area contributed by atoms with Crippen molar-refractivity contribution in [3.05, 3.63) is 30.0 Å². The molecule has 4 nitrogen and oxygen atoms in total. The standard InChI is InChI=1S/C14H18N4/c1-3-9-18(10-8-15)11-13-12-6-4-5-7-14(12)17(2)16-13/h4-7H,3,9-11H2,1-2H3. The topological polar surface area (TPSA) is 44.9 Å². The second kappa shape index (κ2) is 5.65. The molecule has 0 saturated heterocycles. The molecule has 0 amide bonds. The van der Waals surface area contributed by atoms with Crippen LogP contribution in [0, 0.1) is 11.3 Å². The number of benzene rings is 1. The molecule has 0 fully saturated rings. The van der Waals surface area contributed by atoms with Crippen LogP contribution in [0.25, 0.3) is 10.9 Å². The Kier molecular flexibility index (Phi) is 3.96. The van der Waals surface area contributed by atoms with Crippen molar-refractivity contribution in [1.29, 1.82) is 5.26 Å². The van der Waals surface area contributed by atoms with Gasteiger partial charge in [-0.05, 0) is 19.0 Å². The summed E-state index contributed by atoms with van der Waals surface area (Å²) in [5.74, 6) is 0. The van der Waals surface area contributed by atoms with E-state index < -0.39 is 0 Å². The van der Waals surface area contributed by atoms with Crippen LogP contribution in [-0.4, -0.2) is 27.8 Å². The Morgan fingerprint density at radius 2 is 2.17 bits per heavy atom. The van der Waals surface area contributed by atoms with Gasteiger partial charge >= 0.3 is 0 Å². The highest BCUT2D eigenvalue weighted by molar-refractivity contribution is 5.81. The normalized spacial score (nSPS) is 11.0. The lowest BCUT2D eigenvalue weighted by molar-refractivity contribution is 0.295. The fourth-order valence-electron chi connectivity index (χ4n) is 2.25. The maximum Gasteiger partial charge on any atom is 0.0869 e. The summed E-state index contributed by atoms with van der Waals surface area (Å²) in [5.41, 5.74) is 2.19. The molecule has 0 spiro atoms. The van der Waals surface area contributed by atoms with Crippen molar-refractivity contribution in [2.24, 2.45) is 7.05 Å². The molecule has 0 bridgehead atoms. The van der Waals surface area contributed by atoms with Gasteiger partial charge in [0.25, 0.3) is 0 Å². The maximum absolute atomic E-state index is 8.84. The molecule has 94 valence electrons. The van der Waals surface area contributed by atoms with Gasteiger partial charge in [0.05, 0.1) is 23.8 Å². The molecule has 0 aliphatic rings. The molecule has 2 aromatic rings. The number of hydrogen-bond acceptors (Lipinski definition) is 3. The molecule has 1 heterocycles. The van der Waals surface area contributed by atoms with Crippen LogP contribution in [0.2, 0.25) is 0 Å². The molecule has 0 atom stereocenters. The third-order valence-electron chi connectivity index (χ3n) is 3.04. The Balaban J connectivity index is 2.28. The monoisotopic (exact) mass is 242 g/mol. The van der Waals surface area contributed by atoms with E-state index in [0.29, 0.717) is 6.54 Å². The van der Waals surface area contributed by atoms with Crippen molar-refractivity contribution in [2.45, 2.75) is 19.9 Å². The summed E-state index contributed by atoms with van der Waals surface area (Å²) in [7, 11) is 1.96.